The fourth-order valence-corrected chi connectivity index (χ4v) is 12.9. The van der Waals surface area contributed by atoms with Crippen molar-refractivity contribution in [2.75, 3.05) is 4.90 Å². The zero-order valence-corrected chi connectivity index (χ0v) is 33.0. The summed E-state index contributed by atoms with van der Waals surface area (Å²) in [5, 5.41) is 0. The van der Waals surface area contributed by atoms with Gasteiger partial charge in [0.05, 0.1) is 11.4 Å². The van der Waals surface area contributed by atoms with Gasteiger partial charge in [-0.25, -0.2) is 0 Å². The van der Waals surface area contributed by atoms with Crippen LogP contribution in [0.3, 0.4) is 0 Å². The molecule has 0 amide bonds. The largest absolute Gasteiger partial charge is 0.309 e. The van der Waals surface area contributed by atoms with Crippen molar-refractivity contribution < 1.29 is 0 Å². The summed E-state index contributed by atoms with van der Waals surface area (Å²) in [6.45, 7) is 9.81. The van der Waals surface area contributed by atoms with E-state index in [1.165, 1.54) is 107 Å². The number of rotatable bonds is 5. The molecule has 1 spiro atoms. The average molecular weight is 716 g/mol. The lowest BCUT2D eigenvalue weighted by atomic mass is 9.43. The van der Waals surface area contributed by atoms with Gasteiger partial charge in [-0.3, -0.25) is 0 Å². The molecule has 274 valence electrons. The molecule has 0 aliphatic heterocycles. The van der Waals surface area contributed by atoms with E-state index >= 15 is 0 Å². The van der Waals surface area contributed by atoms with Gasteiger partial charge in [-0.05, 0) is 154 Å². The Morgan fingerprint density at radius 1 is 0.418 bits per heavy atom. The first kappa shape index (κ1) is 33.5. The molecule has 0 heterocycles. The molecule has 1 nitrogen and oxygen atoms in total. The molecule has 6 aliphatic rings. The van der Waals surface area contributed by atoms with E-state index in [0.29, 0.717) is 11.8 Å². The summed E-state index contributed by atoms with van der Waals surface area (Å²) in [6.07, 6.45) is 9.39. The number of nitrogens with zero attached hydrogens (tertiary/aromatic N) is 1. The number of anilines is 3. The molecule has 0 N–H and O–H groups in total. The minimum atomic E-state index is 0.0792. The van der Waals surface area contributed by atoms with Crippen molar-refractivity contribution in [3.05, 3.63) is 162 Å². The Hall–Kier alpha value is -4.88. The lowest BCUT2D eigenvalue weighted by molar-refractivity contribution is -0.0399. The maximum atomic E-state index is 2.72. The van der Waals surface area contributed by atoms with E-state index < -0.39 is 0 Å². The van der Waals surface area contributed by atoms with Crippen LogP contribution in [0.15, 0.2) is 140 Å². The van der Waals surface area contributed by atoms with Crippen LogP contribution in [0.5, 0.6) is 0 Å². The first-order valence-electron chi connectivity index (χ1n) is 21.2. The summed E-state index contributed by atoms with van der Waals surface area (Å²) < 4.78 is 0. The van der Waals surface area contributed by atoms with Gasteiger partial charge >= 0.3 is 0 Å². The highest BCUT2D eigenvalue weighted by atomic mass is 15.1. The fraction of sp³-hybridized carbons (Fsp3) is 0.333. The Kier molecular flexibility index (Phi) is 7.34. The Labute approximate surface area is 328 Å². The first-order chi connectivity index (χ1) is 26.7. The van der Waals surface area contributed by atoms with Gasteiger partial charge in [0, 0.05) is 22.2 Å². The Morgan fingerprint density at radius 3 is 1.65 bits per heavy atom. The van der Waals surface area contributed by atoms with Crippen LogP contribution < -0.4 is 4.90 Å². The third-order valence-corrected chi connectivity index (χ3v) is 15.3. The topological polar surface area (TPSA) is 3.24 Å². The molecule has 6 aromatic rings. The molecular weight excluding hydrogens is 663 g/mol. The maximum absolute atomic E-state index is 2.72. The van der Waals surface area contributed by atoms with Crippen LogP contribution in [-0.2, 0) is 16.2 Å². The number of hydrogen-bond donors (Lipinski definition) is 0. The standard InChI is InChI=1S/C54H53N/c1-52(2)25-26-53(3,4)49-32-41(23-24-47(49)52)55(50-22-14-12-19-42(50)37-15-7-5-8-16-37)51-34-48-45(33-44(51)38-17-9-6-10-18-38)43-20-11-13-21-46(43)54(48)39-28-35-27-36(30-39)31-40(54)29-35/h5-24,32-36,39-40H,25-31H2,1-4H3. The molecular formula is C54H53N. The van der Waals surface area contributed by atoms with E-state index in [4.69, 9.17) is 0 Å². The Morgan fingerprint density at radius 2 is 0.982 bits per heavy atom. The van der Waals surface area contributed by atoms with Crippen molar-refractivity contribution in [3.8, 4) is 33.4 Å². The monoisotopic (exact) mass is 715 g/mol. The van der Waals surface area contributed by atoms with Crippen LogP contribution in [0, 0.1) is 23.7 Å². The molecule has 0 unspecified atom stereocenters. The smallest absolute Gasteiger partial charge is 0.0543 e. The highest BCUT2D eigenvalue weighted by Gasteiger charge is 2.61. The number of fused-ring (bicyclic) bond motifs is 4. The molecule has 4 bridgehead atoms. The minimum Gasteiger partial charge on any atom is -0.309 e. The van der Waals surface area contributed by atoms with Crippen molar-refractivity contribution in [2.24, 2.45) is 23.7 Å². The van der Waals surface area contributed by atoms with Crippen molar-refractivity contribution >= 4 is 17.1 Å². The zero-order chi connectivity index (χ0) is 37.1. The van der Waals surface area contributed by atoms with Gasteiger partial charge in [-0.2, -0.15) is 0 Å². The van der Waals surface area contributed by atoms with Gasteiger partial charge < -0.3 is 4.90 Å². The van der Waals surface area contributed by atoms with Crippen molar-refractivity contribution in [2.45, 2.75) is 88.9 Å². The third kappa shape index (κ3) is 4.90. The van der Waals surface area contributed by atoms with Crippen LogP contribution in [0.4, 0.5) is 17.1 Å². The van der Waals surface area contributed by atoms with Crippen molar-refractivity contribution in [1.29, 1.82) is 0 Å². The van der Waals surface area contributed by atoms with Crippen LogP contribution >= 0.6 is 0 Å². The lowest BCUT2D eigenvalue weighted by Gasteiger charge is -2.61. The predicted molar refractivity (Wildman–Crippen MR) is 231 cm³/mol. The fourth-order valence-electron chi connectivity index (χ4n) is 12.9. The van der Waals surface area contributed by atoms with E-state index in [0.717, 1.165) is 11.8 Å². The van der Waals surface area contributed by atoms with E-state index in [9.17, 15) is 0 Å². The van der Waals surface area contributed by atoms with E-state index in [1.54, 1.807) is 11.1 Å². The summed E-state index contributed by atoms with van der Waals surface area (Å²) in [5.74, 6) is 3.23. The molecule has 0 saturated heterocycles. The Bertz CT molecular complexity index is 2420. The zero-order valence-electron chi connectivity index (χ0n) is 33.0. The summed E-state index contributed by atoms with van der Waals surface area (Å²) in [5.41, 5.74) is 18.3. The molecule has 12 rings (SSSR count). The molecule has 4 fully saturated rings. The minimum absolute atomic E-state index is 0.0792. The van der Waals surface area contributed by atoms with Gasteiger partial charge in [0.25, 0.3) is 0 Å². The molecule has 55 heavy (non-hydrogen) atoms. The number of para-hydroxylation sites is 1. The number of hydrogen-bond acceptors (Lipinski definition) is 1. The molecule has 0 atom stereocenters. The third-order valence-electron chi connectivity index (χ3n) is 15.3. The summed E-state index contributed by atoms with van der Waals surface area (Å²) in [4.78, 5) is 2.66. The van der Waals surface area contributed by atoms with Crippen LogP contribution in [-0.4, -0.2) is 0 Å². The SMILES string of the molecule is CC1(C)CCC(C)(C)c2cc(N(c3ccccc3-c3ccccc3)c3cc4c(cc3-c3ccccc3)-c3ccccc3C43C4CC5CC(C4)CC3C5)ccc21. The van der Waals surface area contributed by atoms with Gasteiger partial charge in [0.1, 0.15) is 0 Å². The van der Waals surface area contributed by atoms with Crippen molar-refractivity contribution in [1.82, 2.24) is 0 Å². The van der Waals surface area contributed by atoms with Crippen molar-refractivity contribution in [3.63, 3.8) is 0 Å². The quantitative estimate of drug-likeness (QED) is 0.172. The molecule has 4 saturated carbocycles. The van der Waals surface area contributed by atoms with Crippen LogP contribution in [0.2, 0.25) is 0 Å². The summed E-state index contributed by atoms with van der Waals surface area (Å²) >= 11 is 0. The van der Waals surface area contributed by atoms with Crippen LogP contribution in [0.1, 0.15) is 94.9 Å². The lowest BCUT2D eigenvalue weighted by Crippen LogP contribution is -2.55. The maximum Gasteiger partial charge on any atom is 0.0543 e. The van der Waals surface area contributed by atoms with E-state index in [2.05, 4.69) is 172 Å². The summed E-state index contributed by atoms with van der Waals surface area (Å²) in [6, 6.07) is 53.8. The average Bonchev–Trinajstić information content (AvgIpc) is 3.49. The second kappa shape index (κ2) is 12.1. The van der Waals surface area contributed by atoms with Gasteiger partial charge in [0.2, 0.25) is 0 Å². The molecule has 1 heteroatoms. The highest BCUT2D eigenvalue weighted by molar-refractivity contribution is 5.97. The molecule has 0 aromatic heterocycles. The van der Waals surface area contributed by atoms with Gasteiger partial charge in [-0.15, -0.1) is 0 Å². The van der Waals surface area contributed by atoms with Crippen LogP contribution in [0.25, 0.3) is 33.4 Å². The normalized spacial score (nSPS) is 26.0. The van der Waals surface area contributed by atoms with Gasteiger partial charge in [-0.1, -0.05) is 137 Å². The summed E-state index contributed by atoms with van der Waals surface area (Å²) in [7, 11) is 0. The second-order valence-electron chi connectivity index (χ2n) is 19.2. The van der Waals surface area contributed by atoms with E-state index in [-0.39, 0.29) is 16.2 Å². The molecule has 6 aliphatic carbocycles. The van der Waals surface area contributed by atoms with Gasteiger partial charge in [0.15, 0.2) is 0 Å². The first-order valence-corrected chi connectivity index (χ1v) is 21.2. The predicted octanol–water partition coefficient (Wildman–Crippen LogP) is 14.6. The Balaban J connectivity index is 1.23. The molecule has 0 radical (unpaired) electrons. The second-order valence-corrected chi connectivity index (χ2v) is 19.2. The number of benzene rings is 6. The highest BCUT2D eigenvalue weighted by Crippen LogP contribution is 2.70. The van der Waals surface area contributed by atoms with E-state index in [1.807, 2.05) is 0 Å². The molecule has 6 aromatic carbocycles.